The van der Waals surface area contributed by atoms with Crippen LogP contribution >= 0.6 is 58.0 Å². The highest BCUT2D eigenvalue weighted by molar-refractivity contribution is 6.33. The summed E-state index contributed by atoms with van der Waals surface area (Å²) in [5, 5.41) is 52.0. The standard InChI is InChI=1S/C28H35Cl2N3O3.C18H26ClNO2.C17H25ClN2O2.C14H19ClO2.C5H11N/c29-21-5-7-22(8-6-21)33-15-12-20(17-33)28(35)31-25(18-32-13-2-1-3-14-32)27(34)19-4-11-26(24(30)16-19)36-23-9-10-23;1-13(12-20-9-3-2-4-10-20)18(21)14-5-8-17(16(19)11-14)22-15-6-7-15;18-14-10-12(4-7-16(14)22-13-5-6-13)17(21)15(19)11-20-8-2-1-3-9-20;1-3-9(2)14(16)10-4-7-13(12(15)8-10)17-11-5-6-11;1-2-4-6-5-3-1/h4-8,11,16,20,23,25,27,34H,1-3,9-10,12-15,17-18H2,(H,31,35);5,8,11,13,15,18,21H,2-4,6-7,9-10,12H2,1H3;4,7,10,13,15,17,21H,1-3,5-6,8-9,11,19H2;4,7-9,11,14,16H,3,5-6H2,1-2H3;6H,1-5H2/t20-,25-,27-;13-,18?;15-,17?;9-,14?;/m1111./s1. The van der Waals surface area contributed by atoms with E-state index in [9.17, 15) is 25.2 Å². The van der Waals surface area contributed by atoms with Gasteiger partial charge in [0.2, 0.25) is 5.91 Å². The SMILES string of the molecule is C1CCNCC1.CC[C@@H](C)C(O)c1ccc(OC2CC2)c(Cl)c1.C[C@H](CN1CCCCC1)C(O)c1ccc(OC2CC2)c(Cl)c1.N[C@H](CN1CCCCC1)C(O)c1ccc(OC2CC2)c(Cl)c1.O=C(N[C@H](CN1CCCCC1)[C@H](O)c1ccc(OC2CC2)c(Cl)c1)[C@@H]1CCN(c2ccc(Cl)cc2)C1. The molecule has 0 spiro atoms. The summed E-state index contributed by atoms with van der Waals surface area (Å²) in [6.45, 7) is 18.9. The van der Waals surface area contributed by atoms with Gasteiger partial charge in [-0.1, -0.05) is 135 Å². The van der Waals surface area contributed by atoms with Gasteiger partial charge in [0, 0.05) is 49.5 Å². The number of piperidine rings is 4. The summed E-state index contributed by atoms with van der Waals surface area (Å²) in [5.41, 5.74) is 10.5. The van der Waals surface area contributed by atoms with E-state index in [1.54, 1.807) is 12.1 Å². The maximum atomic E-state index is 13.4. The second-order valence-corrected chi connectivity index (χ2v) is 32.3. The van der Waals surface area contributed by atoms with Crippen molar-refractivity contribution in [3.05, 3.63) is 144 Å². The Morgan fingerprint density at radius 2 is 0.835 bits per heavy atom. The lowest BCUT2D eigenvalue weighted by Crippen LogP contribution is -2.50. The molecule has 9 fully saturated rings. The van der Waals surface area contributed by atoms with Crippen LogP contribution in [0.2, 0.25) is 25.1 Å². The Morgan fingerprint density at radius 1 is 0.466 bits per heavy atom. The normalized spacial score (nSPS) is 21.8. The summed E-state index contributed by atoms with van der Waals surface area (Å²) >= 11 is 31.2. The predicted molar refractivity (Wildman–Crippen MR) is 418 cm³/mol. The largest absolute Gasteiger partial charge is 0.489 e. The highest BCUT2D eigenvalue weighted by atomic mass is 35.5. The Morgan fingerprint density at radius 3 is 1.20 bits per heavy atom. The third-order valence-electron chi connectivity index (χ3n) is 21.1. The molecule has 568 valence electrons. The van der Waals surface area contributed by atoms with Gasteiger partial charge in [0.25, 0.3) is 0 Å². The van der Waals surface area contributed by atoms with Crippen LogP contribution in [0, 0.1) is 17.8 Å². The van der Waals surface area contributed by atoms with Crippen LogP contribution in [0.5, 0.6) is 23.0 Å². The molecule has 1 amide bonds. The minimum absolute atomic E-state index is 0.00712. The number of amides is 1. The molecule has 14 rings (SSSR count). The molecule has 5 heterocycles. The lowest BCUT2D eigenvalue weighted by Gasteiger charge is -2.33. The molecule has 3 unspecified atom stereocenters. The number of aliphatic hydroxyl groups is 4. The molecule has 8 N–H and O–H groups in total. The average Bonchev–Trinajstić information content (AvgIpc) is 1.75. The van der Waals surface area contributed by atoms with Crippen molar-refractivity contribution in [2.24, 2.45) is 23.5 Å². The van der Waals surface area contributed by atoms with Gasteiger partial charge >= 0.3 is 0 Å². The summed E-state index contributed by atoms with van der Waals surface area (Å²) in [4.78, 5) is 22.7. The van der Waals surface area contributed by atoms with Crippen LogP contribution in [0.15, 0.2) is 97.1 Å². The second-order valence-electron chi connectivity index (χ2n) is 30.3. The van der Waals surface area contributed by atoms with Gasteiger partial charge in [-0.15, -0.1) is 0 Å². The lowest BCUT2D eigenvalue weighted by molar-refractivity contribution is -0.126. The Kier molecular flexibility index (Phi) is 32.5. The van der Waals surface area contributed by atoms with Gasteiger partial charge in [-0.05, 0) is 268 Å². The Balaban J connectivity index is 0.000000149. The number of nitrogens with one attached hydrogen (secondary N) is 2. The highest BCUT2D eigenvalue weighted by Gasteiger charge is 2.35. The summed E-state index contributed by atoms with van der Waals surface area (Å²) < 4.78 is 23.0. The summed E-state index contributed by atoms with van der Waals surface area (Å²) in [7, 11) is 0. The third-order valence-corrected chi connectivity index (χ3v) is 22.5. The monoisotopic (exact) mass is 1520 g/mol. The number of carbonyl (C=O) groups excluding carboxylic acids is 1. The number of halogens is 5. The van der Waals surface area contributed by atoms with Crippen LogP contribution in [-0.2, 0) is 4.79 Å². The molecule has 0 radical (unpaired) electrons. The van der Waals surface area contributed by atoms with Gasteiger partial charge in [-0.2, -0.15) is 0 Å². The Bertz CT molecular complexity index is 3260. The maximum Gasteiger partial charge on any atom is 0.225 e. The average molecular weight is 1520 g/mol. The second kappa shape index (κ2) is 41.3. The first-order chi connectivity index (χ1) is 49.8. The number of carbonyl (C=O) groups is 1. The first-order valence-electron chi connectivity index (χ1n) is 38.8. The van der Waals surface area contributed by atoms with Crippen LogP contribution in [-0.4, -0.2) is 163 Å². The van der Waals surface area contributed by atoms with E-state index < -0.39 is 30.5 Å². The van der Waals surface area contributed by atoms with E-state index in [1.165, 1.54) is 77.3 Å². The molecule has 5 aliphatic heterocycles. The Hall–Kier alpha value is -4.34. The van der Waals surface area contributed by atoms with Crippen LogP contribution in [0.4, 0.5) is 5.69 Å². The first kappa shape index (κ1) is 81.2. The zero-order valence-corrected chi connectivity index (χ0v) is 64.9. The topological polar surface area (TPSA) is 198 Å². The van der Waals surface area contributed by atoms with E-state index >= 15 is 0 Å². The van der Waals surface area contributed by atoms with Crippen molar-refractivity contribution >= 4 is 69.6 Å². The van der Waals surface area contributed by atoms with Crippen molar-refractivity contribution in [3.63, 3.8) is 0 Å². The summed E-state index contributed by atoms with van der Waals surface area (Å²) in [6.07, 6.45) is 24.7. The Labute approximate surface area is 638 Å². The van der Waals surface area contributed by atoms with E-state index in [-0.39, 0.29) is 35.8 Å². The van der Waals surface area contributed by atoms with E-state index in [2.05, 4.69) is 44.1 Å². The number of likely N-dealkylation sites (tertiary alicyclic amines) is 3. The fourth-order valence-electron chi connectivity index (χ4n) is 13.8. The quantitative estimate of drug-likeness (QED) is 0.0276. The summed E-state index contributed by atoms with van der Waals surface area (Å²) in [5.74, 6) is 3.12. The molecule has 16 nitrogen and oxygen atoms in total. The number of rotatable bonds is 26. The van der Waals surface area contributed by atoms with Gasteiger partial charge in [0.05, 0.1) is 74.8 Å². The first-order valence-corrected chi connectivity index (χ1v) is 40.7. The molecule has 4 aliphatic carbocycles. The zero-order chi connectivity index (χ0) is 72.8. The van der Waals surface area contributed by atoms with Crippen LogP contribution in [0.1, 0.15) is 209 Å². The van der Waals surface area contributed by atoms with E-state index in [1.807, 2.05) is 91.9 Å². The van der Waals surface area contributed by atoms with Gasteiger partial charge in [-0.25, -0.2) is 0 Å². The number of nitrogens with two attached hydrogens (primary N) is 1. The minimum atomic E-state index is -0.864. The van der Waals surface area contributed by atoms with Gasteiger partial charge < -0.3 is 75.3 Å². The molecule has 9 aliphatic rings. The number of aliphatic hydroxyl groups excluding tert-OH is 4. The fraction of sp³-hybridized carbons (Fsp3) is 0.622. The molecule has 0 aromatic heterocycles. The lowest BCUT2D eigenvalue weighted by atomic mass is 9.95. The molecule has 21 heteroatoms. The number of hydrogen-bond donors (Lipinski definition) is 7. The molecule has 9 atom stereocenters. The maximum absolute atomic E-state index is 13.4. The van der Waals surface area contributed by atoms with E-state index in [0.717, 1.165) is 170 Å². The van der Waals surface area contributed by atoms with Gasteiger partial charge in [0.15, 0.2) is 0 Å². The third kappa shape index (κ3) is 26.8. The number of ether oxygens (including phenoxy) is 4. The van der Waals surface area contributed by atoms with E-state index in [4.69, 9.17) is 82.7 Å². The van der Waals surface area contributed by atoms with Crippen molar-refractivity contribution in [1.82, 2.24) is 25.3 Å². The van der Waals surface area contributed by atoms with Crippen molar-refractivity contribution < 1.29 is 44.2 Å². The number of nitrogens with zero attached hydrogens (tertiary/aromatic N) is 4. The van der Waals surface area contributed by atoms with E-state index in [0.29, 0.717) is 73.6 Å². The van der Waals surface area contributed by atoms with Crippen molar-refractivity contribution in [1.29, 1.82) is 0 Å². The zero-order valence-electron chi connectivity index (χ0n) is 61.1. The molecular formula is C82H116Cl5N7O9. The summed E-state index contributed by atoms with van der Waals surface area (Å²) in [6, 6.07) is 29.2. The fourth-order valence-corrected chi connectivity index (χ4v) is 14.9. The molecule has 5 saturated heterocycles. The molecular weight excluding hydrogens is 1400 g/mol. The van der Waals surface area contributed by atoms with Crippen LogP contribution in [0.3, 0.4) is 0 Å². The van der Waals surface area contributed by atoms with Gasteiger partial charge in [-0.3, -0.25) is 4.79 Å². The molecule has 0 bridgehead atoms. The molecule has 5 aromatic carbocycles. The highest BCUT2D eigenvalue weighted by Crippen LogP contribution is 2.40. The smallest absolute Gasteiger partial charge is 0.225 e. The van der Waals surface area contributed by atoms with Crippen molar-refractivity contribution in [2.75, 3.05) is 90.0 Å². The van der Waals surface area contributed by atoms with Crippen LogP contribution in [0.25, 0.3) is 0 Å². The number of anilines is 1. The minimum Gasteiger partial charge on any atom is -0.489 e. The van der Waals surface area contributed by atoms with Crippen LogP contribution < -0.4 is 40.2 Å². The van der Waals surface area contributed by atoms with Crippen molar-refractivity contribution in [3.8, 4) is 23.0 Å². The number of benzene rings is 5. The van der Waals surface area contributed by atoms with Crippen molar-refractivity contribution in [2.45, 2.75) is 223 Å². The molecule has 103 heavy (non-hydrogen) atoms. The molecule has 4 saturated carbocycles. The molecule has 5 aromatic rings. The number of hydrogen-bond acceptors (Lipinski definition) is 15. The predicted octanol–water partition coefficient (Wildman–Crippen LogP) is 16.6. The van der Waals surface area contributed by atoms with Gasteiger partial charge in [0.1, 0.15) is 29.1 Å².